The van der Waals surface area contributed by atoms with E-state index in [0.29, 0.717) is 28.0 Å². The van der Waals surface area contributed by atoms with Crippen LogP contribution in [-0.2, 0) is 13.0 Å². The Morgan fingerprint density at radius 1 is 1.19 bits per heavy atom. The topological polar surface area (TPSA) is 102 Å². The molecule has 2 aliphatic rings. The number of rotatable bonds is 6. The number of hydrogen-bond donors (Lipinski definition) is 4. The zero-order chi connectivity index (χ0) is 25.1. The molecule has 12 heteroatoms. The molecule has 1 unspecified atom stereocenters. The minimum Gasteiger partial charge on any atom is -0.357 e. The Kier molecular flexibility index (Phi) is 5.48. The summed E-state index contributed by atoms with van der Waals surface area (Å²) in [4.78, 5) is 29.1. The maximum absolute atomic E-state index is 13.0. The van der Waals surface area contributed by atoms with Crippen LogP contribution in [0.4, 0.5) is 24.9 Å². The molecule has 4 N–H and O–H groups in total. The Morgan fingerprint density at radius 3 is 2.78 bits per heavy atom. The van der Waals surface area contributed by atoms with Crippen molar-refractivity contribution in [2.24, 2.45) is 5.41 Å². The van der Waals surface area contributed by atoms with E-state index >= 15 is 0 Å². The third-order valence-electron chi connectivity index (χ3n) is 7.25. The van der Waals surface area contributed by atoms with Gasteiger partial charge in [0.05, 0.1) is 22.8 Å². The summed E-state index contributed by atoms with van der Waals surface area (Å²) in [6.07, 6.45) is -1.99. The van der Waals surface area contributed by atoms with Gasteiger partial charge in [0.1, 0.15) is 10.6 Å². The molecule has 1 aliphatic carbocycles. The molecule has 1 aromatic carbocycles. The van der Waals surface area contributed by atoms with Gasteiger partial charge in [-0.2, -0.15) is 18.2 Å². The highest BCUT2D eigenvalue weighted by Crippen LogP contribution is 2.48. The lowest BCUT2D eigenvalue weighted by atomic mass is 9.78. The van der Waals surface area contributed by atoms with Crippen molar-refractivity contribution in [3.8, 4) is 0 Å². The van der Waals surface area contributed by atoms with E-state index in [2.05, 4.69) is 35.5 Å². The Morgan fingerprint density at radius 2 is 2.00 bits per heavy atom. The number of nitrogens with zero attached hydrogens (tertiary/aromatic N) is 3. The third kappa shape index (κ3) is 4.43. The van der Waals surface area contributed by atoms with Gasteiger partial charge in [-0.25, -0.2) is 9.78 Å². The third-order valence-corrected chi connectivity index (χ3v) is 8.28. The van der Waals surface area contributed by atoms with Crippen molar-refractivity contribution in [3.05, 3.63) is 45.2 Å². The lowest BCUT2D eigenvalue weighted by molar-refractivity contribution is -0.126. The standard InChI is InChI=1S/C24H26F3N7OS/c1-28-21-32-19(16-7-15(9-24(25,26)27)36-20(16)33-21)34-11-23(12-34)5-4-14(8-23)29-10-13-2-3-17-18(6-13)31-22(35)30-17/h2-3,6-7,14,29H,4-5,8-12H2,1H3,(H,28,32,33)(H2,30,31,35). The average molecular weight is 518 g/mol. The summed E-state index contributed by atoms with van der Waals surface area (Å²) >= 11 is 1.08. The number of hydrogen-bond acceptors (Lipinski definition) is 7. The van der Waals surface area contributed by atoms with Gasteiger partial charge in [0.15, 0.2) is 0 Å². The summed E-state index contributed by atoms with van der Waals surface area (Å²) in [5.41, 5.74) is 2.71. The van der Waals surface area contributed by atoms with E-state index in [4.69, 9.17) is 0 Å². The molecule has 1 aliphatic heterocycles. The first-order valence-corrected chi connectivity index (χ1v) is 12.7. The van der Waals surface area contributed by atoms with Gasteiger partial charge in [0, 0.05) is 43.0 Å². The molecule has 4 aromatic rings. The first kappa shape index (κ1) is 23.3. The molecule has 190 valence electrons. The molecule has 2 fully saturated rings. The second-order valence-corrected chi connectivity index (χ2v) is 11.1. The quantitative estimate of drug-likeness (QED) is 0.307. The molecule has 0 amide bonds. The van der Waals surface area contributed by atoms with Crippen LogP contribution in [0, 0.1) is 5.41 Å². The lowest BCUT2D eigenvalue weighted by Gasteiger charge is -2.49. The zero-order valence-corrected chi connectivity index (χ0v) is 20.4. The molecule has 1 spiro atoms. The van der Waals surface area contributed by atoms with E-state index in [1.54, 1.807) is 13.1 Å². The summed E-state index contributed by atoms with van der Waals surface area (Å²) < 4.78 is 38.9. The Labute approximate surface area is 208 Å². The van der Waals surface area contributed by atoms with Crippen molar-refractivity contribution < 1.29 is 13.2 Å². The molecular formula is C24H26F3N7OS. The minimum atomic E-state index is -4.25. The van der Waals surface area contributed by atoms with E-state index in [-0.39, 0.29) is 16.0 Å². The van der Waals surface area contributed by atoms with Crippen LogP contribution in [0.15, 0.2) is 29.1 Å². The van der Waals surface area contributed by atoms with Crippen molar-refractivity contribution in [3.63, 3.8) is 0 Å². The van der Waals surface area contributed by atoms with E-state index in [1.165, 1.54) is 0 Å². The Bertz CT molecular complexity index is 1480. The SMILES string of the molecule is CNc1nc(N2CC3(CCC(NCc4ccc5[nH]c(=O)[nH]c5c4)C3)C2)c2cc(CC(F)(F)F)sc2n1. The molecule has 1 saturated carbocycles. The number of nitrogens with one attached hydrogen (secondary N) is 4. The van der Waals surface area contributed by atoms with Gasteiger partial charge >= 0.3 is 11.9 Å². The molecule has 0 radical (unpaired) electrons. The smallest absolute Gasteiger partial charge is 0.357 e. The predicted octanol–water partition coefficient (Wildman–Crippen LogP) is 4.16. The van der Waals surface area contributed by atoms with Crippen LogP contribution < -0.4 is 21.2 Å². The van der Waals surface area contributed by atoms with Crippen LogP contribution in [-0.4, -0.2) is 52.3 Å². The normalized spacial score (nSPS) is 19.4. The van der Waals surface area contributed by atoms with E-state index in [1.807, 2.05) is 18.2 Å². The molecule has 3 aromatic heterocycles. The van der Waals surface area contributed by atoms with Gasteiger partial charge in [-0.05, 0) is 43.0 Å². The van der Waals surface area contributed by atoms with Gasteiger partial charge in [-0.1, -0.05) is 6.07 Å². The van der Waals surface area contributed by atoms with Gasteiger partial charge in [-0.3, -0.25) is 0 Å². The first-order valence-electron chi connectivity index (χ1n) is 11.9. The van der Waals surface area contributed by atoms with E-state index in [9.17, 15) is 18.0 Å². The molecule has 1 saturated heterocycles. The fourth-order valence-corrected chi connectivity index (χ4v) is 6.68. The average Bonchev–Trinajstić information content (AvgIpc) is 3.49. The maximum Gasteiger partial charge on any atom is 0.393 e. The van der Waals surface area contributed by atoms with E-state index in [0.717, 1.165) is 66.8 Å². The van der Waals surface area contributed by atoms with E-state index < -0.39 is 12.6 Å². The Balaban J connectivity index is 1.12. The molecule has 6 rings (SSSR count). The van der Waals surface area contributed by atoms with Crippen molar-refractivity contribution in [2.45, 2.75) is 44.4 Å². The van der Waals surface area contributed by atoms with Gasteiger partial charge < -0.3 is 25.5 Å². The number of fused-ring (bicyclic) bond motifs is 2. The summed E-state index contributed by atoms with van der Waals surface area (Å²) in [5, 5.41) is 7.29. The first-order chi connectivity index (χ1) is 17.2. The van der Waals surface area contributed by atoms with Gasteiger partial charge in [0.2, 0.25) is 5.95 Å². The molecule has 0 bridgehead atoms. The summed E-state index contributed by atoms with van der Waals surface area (Å²) in [6.45, 7) is 2.39. The number of imidazole rings is 1. The molecule has 1 atom stereocenters. The van der Waals surface area contributed by atoms with Crippen LogP contribution in [0.25, 0.3) is 21.3 Å². The van der Waals surface area contributed by atoms with Crippen molar-refractivity contribution in [1.82, 2.24) is 25.3 Å². The number of aromatic amines is 2. The molecular weight excluding hydrogens is 491 g/mol. The highest BCUT2D eigenvalue weighted by Gasteiger charge is 2.48. The number of anilines is 2. The second kappa shape index (κ2) is 8.48. The number of halogens is 3. The summed E-state index contributed by atoms with van der Waals surface area (Å²) in [5.74, 6) is 1.13. The summed E-state index contributed by atoms with van der Waals surface area (Å²) in [7, 11) is 1.71. The number of H-pyrrole nitrogens is 2. The van der Waals surface area contributed by atoms with Crippen molar-refractivity contribution in [2.75, 3.05) is 30.4 Å². The largest absolute Gasteiger partial charge is 0.393 e. The van der Waals surface area contributed by atoms with Gasteiger partial charge in [-0.15, -0.1) is 11.3 Å². The minimum absolute atomic E-state index is 0.190. The number of thiophene rings is 1. The van der Waals surface area contributed by atoms with Crippen LogP contribution in [0.5, 0.6) is 0 Å². The number of benzene rings is 1. The molecule has 36 heavy (non-hydrogen) atoms. The van der Waals surface area contributed by atoms with Gasteiger partial charge in [0.25, 0.3) is 0 Å². The highest BCUT2D eigenvalue weighted by molar-refractivity contribution is 7.18. The van der Waals surface area contributed by atoms with Crippen LogP contribution in [0.3, 0.4) is 0 Å². The lowest BCUT2D eigenvalue weighted by Crippen LogP contribution is -2.56. The zero-order valence-electron chi connectivity index (χ0n) is 19.6. The fourth-order valence-electron chi connectivity index (χ4n) is 5.63. The molecule has 8 nitrogen and oxygen atoms in total. The Hall–Kier alpha value is -3.12. The van der Waals surface area contributed by atoms with Crippen LogP contribution in [0.2, 0.25) is 0 Å². The summed E-state index contributed by atoms with van der Waals surface area (Å²) in [6, 6.07) is 7.91. The van der Waals surface area contributed by atoms with Crippen molar-refractivity contribution in [1.29, 1.82) is 0 Å². The number of aromatic nitrogens is 4. The second-order valence-electron chi connectivity index (χ2n) is 9.98. The van der Waals surface area contributed by atoms with Crippen molar-refractivity contribution >= 4 is 44.4 Å². The fraction of sp³-hybridized carbons (Fsp3) is 0.458. The number of alkyl halides is 3. The van der Waals surface area contributed by atoms with Crippen LogP contribution >= 0.6 is 11.3 Å². The monoisotopic (exact) mass is 517 g/mol. The maximum atomic E-state index is 13.0. The van der Waals surface area contributed by atoms with Crippen LogP contribution in [0.1, 0.15) is 29.7 Å². The predicted molar refractivity (Wildman–Crippen MR) is 135 cm³/mol. The molecule has 4 heterocycles. The highest BCUT2D eigenvalue weighted by atomic mass is 32.1.